The van der Waals surface area contributed by atoms with Crippen LogP contribution >= 0.6 is 0 Å². The highest BCUT2D eigenvalue weighted by atomic mass is 16.3. The van der Waals surface area contributed by atoms with E-state index in [9.17, 15) is 9.90 Å². The van der Waals surface area contributed by atoms with Crippen LogP contribution in [0.15, 0.2) is 18.2 Å². The fraction of sp³-hybridized carbons (Fsp3) is 0.500. The minimum Gasteiger partial charge on any atom is -0.394 e. The number of rotatable bonds is 3. The quantitative estimate of drug-likeness (QED) is 0.813. The summed E-state index contributed by atoms with van der Waals surface area (Å²) < 4.78 is 0. The first-order chi connectivity index (χ1) is 8.26. The molecule has 1 aliphatic rings. The van der Waals surface area contributed by atoms with Gasteiger partial charge in [0.15, 0.2) is 6.29 Å². The molecule has 1 N–H and O–H groups in total. The number of benzene rings is 1. The summed E-state index contributed by atoms with van der Waals surface area (Å²) in [4.78, 5) is 13.3. The Labute approximate surface area is 102 Å². The van der Waals surface area contributed by atoms with E-state index in [0.29, 0.717) is 0 Å². The largest absolute Gasteiger partial charge is 0.394 e. The number of aliphatic hydroxyl groups is 1. The first-order valence-corrected chi connectivity index (χ1v) is 6.19. The Kier molecular flexibility index (Phi) is 3.79. The summed E-state index contributed by atoms with van der Waals surface area (Å²) >= 11 is 0. The van der Waals surface area contributed by atoms with Crippen molar-refractivity contribution in [2.75, 3.05) is 18.1 Å². The molecule has 0 aliphatic carbocycles. The van der Waals surface area contributed by atoms with Gasteiger partial charge in [-0.25, -0.2) is 0 Å². The molecule has 0 saturated carbocycles. The number of piperidine rings is 1. The summed E-state index contributed by atoms with van der Waals surface area (Å²) in [6, 6.07) is 6.08. The first kappa shape index (κ1) is 12.1. The van der Waals surface area contributed by atoms with Crippen molar-refractivity contribution in [1.29, 1.82) is 0 Å². The van der Waals surface area contributed by atoms with Crippen LogP contribution in [0.5, 0.6) is 0 Å². The van der Waals surface area contributed by atoms with Crippen LogP contribution in [0.25, 0.3) is 0 Å². The molecular weight excluding hydrogens is 214 g/mol. The summed E-state index contributed by atoms with van der Waals surface area (Å²) in [5.74, 6) is 0. The lowest BCUT2D eigenvalue weighted by molar-refractivity contribution is 0.112. The van der Waals surface area contributed by atoms with Crippen molar-refractivity contribution >= 4 is 12.0 Å². The predicted octanol–water partition coefficient (Wildman–Crippen LogP) is 2.16. The molecule has 1 fully saturated rings. The Balaban J connectivity index is 2.34. The third-order valence-electron chi connectivity index (χ3n) is 3.46. The maximum absolute atomic E-state index is 11.1. The highest BCUT2D eigenvalue weighted by Crippen LogP contribution is 2.27. The molecule has 1 atom stereocenters. The highest BCUT2D eigenvalue weighted by Gasteiger charge is 2.23. The van der Waals surface area contributed by atoms with E-state index in [1.54, 1.807) is 0 Å². The lowest BCUT2D eigenvalue weighted by Crippen LogP contribution is -2.42. The zero-order chi connectivity index (χ0) is 12.3. The number of carbonyl (C=O) groups is 1. The van der Waals surface area contributed by atoms with Gasteiger partial charge in [0.05, 0.1) is 12.6 Å². The van der Waals surface area contributed by atoms with Crippen LogP contribution in [0.4, 0.5) is 5.69 Å². The van der Waals surface area contributed by atoms with E-state index < -0.39 is 0 Å². The Morgan fingerprint density at radius 3 is 3.00 bits per heavy atom. The van der Waals surface area contributed by atoms with Gasteiger partial charge in [0.25, 0.3) is 0 Å². The molecule has 0 amide bonds. The number of hydrogen-bond acceptors (Lipinski definition) is 3. The molecular formula is C14H19NO2. The summed E-state index contributed by atoms with van der Waals surface area (Å²) in [6.07, 6.45) is 4.20. The van der Waals surface area contributed by atoms with Crippen molar-refractivity contribution < 1.29 is 9.90 Å². The average Bonchev–Trinajstić information content (AvgIpc) is 2.38. The zero-order valence-corrected chi connectivity index (χ0v) is 10.2. The van der Waals surface area contributed by atoms with Crippen molar-refractivity contribution in [2.45, 2.75) is 32.2 Å². The molecule has 1 saturated heterocycles. The molecule has 0 spiro atoms. The van der Waals surface area contributed by atoms with Gasteiger partial charge in [-0.1, -0.05) is 11.6 Å². The molecule has 92 valence electrons. The molecule has 1 unspecified atom stereocenters. The number of aldehydes is 1. The molecule has 17 heavy (non-hydrogen) atoms. The zero-order valence-electron chi connectivity index (χ0n) is 10.2. The summed E-state index contributed by atoms with van der Waals surface area (Å²) in [7, 11) is 0. The summed E-state index contributed by atoms with van der Waals surface area (Å²) in [6.45, 7) is 3.07. The molecule has 2 rings (SSSR count). The number of anilines is 1. The Morgan fingerprint density at radius 2 is 2.29 bits per heavy atom. The molecule has 3 heteroatoms. The molecule has 1 aromatic rings. The fourth-order valence-electron chi connectivity index (χ4n) is 2.54. The maximum atomic E-state index is 11.1. The number of aryl methyl sites for hydroxylation is 1. The van der Waals surface area contributed by atoms with Crippen molar-refractivity contribution in [3.63, 3.8) is 0 Å². The van der Waals surface area contributed by atoms with E-state index in [1.807, 2.05) is 25.1 Å². The van der Waals surface area contributed by atoms with Gasteiger partial charge in [0.1, 0.15) is 0 Å². The van der Waals surface area contributed by atoms with Crippen LogP contribution in [0, 0.1) is 6.92 Å². The normalized spacial score (nSPS) is 20.4. The van der Waals surface area contributed by atoms with Gasteiger partial charge in [-0.3, -0.25) is 4.79 Å². The van der Waals surface area contributed by atoms with Crippen LogP contribution in [-0.2, 0) is 0 Å². The summed E-state index contributed by atoms with van der Waals surface area (Å²) in [5.41, 5.74) is 2.78. The molecule has 0 bridgehead atoms. The molecule has 0 aromatic heterocycles. The molecule has 1 aromatic carbocycles. The van der Waals surface area contributed by atoms with Gasteiger partial charge < -0.3 is 10.0 Å². The van der Waals surface area contributed by atoms with Crippen LogP contribution in [0.3, 0.4) is 0 Å². The third-order valence-corrected chi connectivity index (χ3v) is 3.46. The molecule has 0 radical (unpaired) electrons. The van der Waals surface area contributed by atoms with Gasteiger partial charge in [-0.05, 0) is 38.3 Å². The Hall–Kier alpha value is -1.35. The van der Waals surface area contributed by atoms with Gasteiger partial charge in [0, 0.05) is 17.8 Å². The topological polar surface area (TPSA) is 40.5 Å². The summed E-state index contributed by atoms with van der Waals surface area (Å²) in [5, 5.41) is 9.41. The van der Waals surface area contributed by atoms with Gasteiger partial charge >= 0.3 is 0 Å². The second-order valence-corrected chi connectivity index (χ2v) is 4.71. The predicted molar refractivity (Wildman–Crippen MR) is 68.6 cm³/mol. The Bertz CT molecular complexity index is 403. The lowest BCUT2D eigenvalue weighted by atomic mass is 10.00. The van der Waals surface area contributed by atoms with E-state index in [0.717, 1.165) is 48.9 Å². The molecule has 1 heterocycles. The highest BCUT2D eigenvalue weighted by molar-refractivity contribution is 5.85. The minimum atomic E-state index is 0.158. The number of hydrogen-bond donors (Lipinski definition) is 1. The molecule has 3 nitrogen and oxygen atoms in total. The molecule has 1 aliphatic heterocycles. The van der Waals surface area contributed by atoms with Crippen molar-refractivity contribution in [1.82, 2.24) is 0 Å². The van der Waals surface area contributed by atoms with Crippen molar-refractivity contribution in [3.8, 4) is 0 Å². The van der Waals surface area contributed by atoms with E-state index in [-0.39, 0.29) is 12.6 Å². The van der Waals surface area contributed by atoms with Crippen LogP contribution in [0.1, 0.15) is 35.2 Å². The monoisotopic (exact) mass is 233 g/mol. The second-order valence-electron chi connectivity index (χ2n) is 4.71. The van der Waals surface area contributed by atoms with Crippen LogP contribution in [0.2, 0.25) is 0 Å². The number of carbonyl (C=O) groups excluding carboxylic acids is 1. The Morgan fingerprint density at radius 1 is 1.47 bits per heavy atom. The minimum absolute atomic E-state index is 0.158. The average molecular weight is 233 g/mol. The maximum Gasteiger partial charge on any atom is 0.152 e. The lowest BCUT2D eigenvalue weighted by Gasteiger charge is -2.37. The second kappa shape index (κ2) is 5.32. The van der Waals surface area contributed by atoms with E-state index >= 15 is 0 Å². The van der Waals surface area contributed by atoms with Gasteiger partial charge in [0.2, 0.25) is 0 Å². The smallest absolute Gasteiger partial charge is 0.152 e. The first-order valence-electron chi connectivity index (χ1n) is 6.19. The standard InChI is InChI=1S/C14H19NO2/c1-11-5-6-14(12(8-11)9-16)15-7-3-2-4-13(15)10-17/h5-6,8-9,13,17H,2-4,7,10H2,1H3. The van der Waals surface area contributed by atoms with Crippen LogP contribution < -0.4 is 4.90 Å². The number of nitrogens with zero attached hydrogens (tertiary/aromatic N) is 1. The van der Waals surface area contributed by atoms with E-state index in [4.69, 9.17) is 0 Å². The number of aliphatic hydroxyl groups excluding tert-OH is 1. The van der Waals surface area contributed by atoms with Crippen molar-refractivity contribution in [2.24, 2.45) is 0 Å². The van der Waals surface area contributed by atoms with Crippen molar-refractivity contribution in [3.05, 3.63) is 29.3 Å². The van der Waals surface area contributed by atoms with E-state index in [2.05, 4.69) is 4.90 Å². The van der Waals surface area contributed by atoms with E-state index in [1.165, 1.54) is 0 Å². The third kappa shape index (κ3) is 2.50. The SMILES string of the molecule is Cc1ccc(N2CCCCC2CO)c(C=O)c1. The van der Waals surface area contributed by atoms with Crippen LogP contribution in [-0.4, -0.2) is 30.6 Å². The fourth-order valence-corrected chi connectivity index (χ4v) is 2.54. The van der Waals surface area contributed by atoms with Gasteiger partial charge in [-0.2, -0.15) is 0 Å². The van der Waals surface area contributed by atoms with Gasteiger partial charge in [-0.15, -0.1) is 0 Å².